The SMILES string of the molecule is C=CCCCC1CCC2C3CCC4CCCCC4(C)C3CCC12C. The third-order valence-corrected chi connectivity index (χ3v) is 9.74. The fourth-order valence-electron chi connectivity index (χ4n) is 8.39. The molecule has 0 heteroatoms. The van der Waals surface area contributed by atoms with Crippen molar-refractivity contribution in [1.82, 2.24) is 0 Å². The van der Waals surface area contributed by atoms with E-state index in [1.165, 1.54) is 38.5 Å². The first kappa shape index (κ1) is 17.2. The Labute approximate surface area is 150 Å². The Kier molecular flexibility index (Phi) is 4.63. The summed E-state index contributed by atoms with van der Waals surface area (Å²) in [5.41, 5.74) is 1.39. The molecule has 4 fully saturated rings. The summed E-state index contributed by atoms with van der Waals surface area (Å²) in [6, 6.07) is 0. The molecule has 0 amide bonds. The third kappa shape index (κ3) is 2.53. The van der Waals surface area contributed by atoms with E-state index in [0.717, 1.165) is 29.6 Å². The molecule has 136 valence electrons. The van der Waals surface area contributed by atoms with E-state index in [9.17, 15) is 0 Å². The van der Waals surface area contributed by atoms with Crippen LogP contribution in [0.5, 0.6) is 0 Å². The van der Waals surface area contributed by atoms with Crippen LogP contribution in [0.2, 0.25) is 0 Å². The largest absolute Gasteiger partial charge is 0.103 e. The molecular weight excluding hydrogens is 288 g/mol. The van der Waals surface area contributed by atoms with Gasteiger partial charge < -0.3 is 0 Å². The van der Waals surface area contributed by atoms with E-state index in [1.807, 2.05) is 0 Å². The Hall–Kier alpha value is -0.260. The van der Waals surface area contributed by atoms with Gasteiger partial charge in [-0.3, -0.25) is 0 Å². The van der Waals surface area contributed by atoms with Crippen molar-refractivity contribution in [2.24, 2.45) is 40.4 Å². The minimum absolute atomic E-state index is 0.681. The molecule has 7 atom stereocenters. The highest BCUT2D eigenvalue weighted by molar-refractivity contribution is 5.08. The van der Waals surface area contributed by atoms with Gasteiger partial charge in [0.1, 0.15) is 0 Å². The van der Waals surface area contributed by atoms with Crippen molar-refractivity contribution >= 4 is 0 Å². The zero-order valence-electron chi connectivity index (χ0n) is 16.4. The predicted octanol–water partition coefficient (Wildman–Crippen LogP) is 7.39. The van der Waals surface area contributed by atoms with Gasteiger partial charge in [-0.15, -0.1) is 6.58 Å². The summed E-state index contributed by atoms with van der Waals surface area (Å²) >= 11 is 0. The molecular formula is C24H40. The van der Waals surface area contributed by atoms with Crippen LogP contribution in [0.3, 0.4) is 0 Å². The van der Waals surface area contributed by atoms with E-state index in [2.05, 4.69) is 26.5 Å². The van der Waals surface area contributed by atoms with Crippen LogP contribution in [0.25, 0.3) is 0 Å². The molecule has 0 radical (unpaired) electrons. The summed E-state index contributed by atoms with van der Waals surface area (Å²) in [7, 11) is 0. The van der Waals surface area contributed by atoms with Crippen molar-refractivity contribution in [3.05, 3.63) is 12.7 Å². The van der Waals surface area contributed by atoms with Gasteiger partial charge >= 0.3 is 0 Å². The molecule has 4 saturated carbocycles. The molecule has 0 aromatic carbocycles. The van der Waals surface area contributed by atoms with Gasteiger partial charge in [0.05, 0.1) is 0 Å². The van der Waals surface area contributed by atoms with Crippen LogP contribution in [-0.2, 0) is 0 Å². The topological polar surface area (TPSA) is 0 Å². The fraction of sp³-hybridized carbons (Fsp3) is 0.917. The lowest BCUT2D eigenvalue weighted by Crippen LogP contribution is -2.52. The van der Waals surface area contributed by atoms with Crippen LogP contribution < -0.4 is 0 Å². The Morgan fingerprint density at radius 1 is 0.875 bits per heavy atom. The van der Waals surface area contributed by atoms with E-state index in [0.29, 0.717) is 10.8 Å². The zero-order valence-corrected chi connectivity index (χ0v) is 16.4. The monoisotopic (exact) mass is 328 g/mol. The maximum absolute atomic E-state index is 3.92. The minimum atomic E-state index is 0.681. The van der Waals surface area contributed by atoms with Crippen molar-refractivity contribution in [2.45, 2.75) is 97.3 Å². The third-order valence-electron chi connectivity index (χ3n) is 9.74. The molecule has 4 aliphatic rings. The average molecular weight is 329 g/mol. The number of allylic oxidation sites excluding steroid dienone is 1. The highest BCUT2D eigenvalue weighted by Crippen LogP contribution is 2.67. The first-order valence-corrected chi connectivity index (χ1v) is 11.2. The lowest BCUT2D eigenvalue weighted by Gasteiger charge is -2.60. The molecule has 0 bridgehead atoms. The molecule has 0 saturated heterocycles. The molecule has 0 heterocycles. The quantitative estimate of drug-likeness (QED) is 0.373. The van der Waals surface area contributed by atoms with Gasteiger partial charge in [0.15, 0.2) is 0 Å². The highest BCUT2D eigenvalue weighted by atomic mass is 14.6. The highest BCUT2D eigenvalue weighted by Gasteiger charge is 2.59. The summed E-state index contributed by atoms with van der Waals surface area (Å²) in [5.74, 6) is 5.29. The van der Waals surface area contributed by atoms with Crippen LogP contribution in [0.15, 0.2) is 12.7 Å². The van der Waals surface area contributed by atoms with E-state index in [4.69, 9.17) is 0 Å². The van der Waals surface area contributed by atoms with E-state index in [1.54, 1.807) is 44.9 Å². The standard InChI is InChI=1S/C24H40/c1-4-5-6-9-19-12-14-21-20-13-11-18-10-7-8-16-23(18,2)22(20)15-17-24(19,21)3/h4,18-22H,1,5-17H2,2-3H3. The van der Waals surface area contributed by atoms with Crippen molar-refractivity contribution in [3.8, 4) is 0 Å². The summed E-state index contributed by atoms with van der Waals surface area (Å²) < 4.78 is 0. The second-order valence-electron chi connectivity index (χ2n) is 10.4. The summed E-state index contributed by atoms with van der Waals surface area (Å²) in [4.78, 5) is 0. The maximum atomic E-state index is 3.92. The Balaban J connectivity index is 1.51. The Bertz CT molecular complexity index is 465. The van der Waals surface area contributed by atoms with Crippen LogP contribution in [-0.4, -0.2) is 0 Å². The second kappa shape index (κ2) is 6.48. The van der Waals surface area contributed by atoms with Crippen molar-refractivity contribution < 1.29 is 0 Å². The van der Waals surface area contributed by atoms with Gasteiger partial charge in [-0.25, -0.2) is 0 Å². The fourth-order valence-corrected chi connectivity index (χ4v) is 8.39. The van der Waals surface area contributed by atoms with Crippen molar-refractivity contribution in [3.63, 3.8) is 0 Å². The number of hydrogen-bond acceptors (Lipinski definition) is 0. The average Bonchev–Trinajstić information content (AvgIpc) is 2.91. The van der Waals surface area contributed by atoms with E-state index in [-0.39, 0.29) is 0 Å². The van der Waals surface area contributed by atoms with Crippen molar-refractivity contribution in [2.75, 3.05) is 0 Å². The number of rotatable bonds is 4. The number of unbranched alkanes of at least 4 members (excludes halogenated alkanes) is 1. The molecule has 0 aromatic rings. The maximum Gasteiger partial charge on any atom is -0.0266 e. The minimum Gasteiger partial charge on any atom is -0.103 e. The number of hydrogen-bond donors (Lipinski definition) is 0. The lowest BCUT2D eigenvalue weighted by atomic mass is 9.45. The number of fused-ring (bicyclic) bond motifs is 5. The molecule has 0 N–H and O–H groups in total. The molecule has 4 aliphatic carbocycles. The summed E-state index contributed by atoms with van der Waals surface area (Å²) in [6.07, 6.45) is 21.6. The second-order valence-corrected chi connectivity index (χ2v) is 10.4. The molecule has 7 unspecified atom stereocenters. The Morgan fingerprint density at radius 2 is 1.71 bits per heavy atom. The zero-order chi connectivity index (χ0) is 16.8. The summed E-state index contributed by atoms with van der Waals surface area (Å²) in [6.45, 7) is 9.34. The normalized spacial score (nSPS) is 50.7. The van der Waals surface area contributed by atoms with Crippen LogP contribution in [0.4, 0.5) is 0 Å². The molecule has 24 heavy (non-hydrogen) atoms. The first-order chi connectivity index (χ1) is 11.6. The van der Waals surface area contributed by atoms with Crippen LogP contribution >= 0.6 is 0 Å². The molecule has 0 nitrogen and oxygen atoms in total. The van der Waals surface area contributed by atoms with Gasteiger partial charge in [0.2, 0.25) is 0 Å². The molecule has 0 aromatic heterocycles. The molecule has 0 spiro atoms. The molecule has 4 rings (SSSR count). The van der Waals surface area contributed by atoms with Gasteiger partial charge in [-0.1, -0.05) is 32.8 Å². The Morgan fingerprint density at radius 3 is 2.54 bits per heavy atom. The van der Waals surface area contributed by atoms with Gasteiger partial charge in [-0.05, 0) is 111 Å². The van der Waals surface area contributed by atoms with E-state index >= 15 is 0 Å². The van der Waals surface area contributed by atoms with Gasteiger partial charge in [0, 0.05) is 0 Å². The van der Waals surface area contributed by atoms with Gasteiger partial charge in [-0.2, -0.15) is 0 Å². The molecule has 0 aliphatic heterocycles. The van der Waals surface area contributed by atoms with Crippen LogP contribution in [0, 0.1) is 40.4 Å². The van der Waals surface area contributed by atoms with Gasteiger partial charge in [0.25, 0.3) is 0 Å². The van der Waals surface area contributed by atoms with E-state index < -0.39 is 0 Å². The predicted molar refractivity (Wildman–Crippen MR) is 104 cm³/mol. The van der Waals surface area contributed by atoms with Crippen LogP contribution in [0.1, 0.15) is 97.3 Å². The smallest absolute Gasteiger partial charge is 0.0266 e. The summed E-state index contributed by atoms with van der Waals surface area (Å²) in [5, 5.41) is 0. The van der Waals surface area contributed by atoms with Crippen molar-refractivity contribution in [1.29, 1.82) is 0 Å². The first-order valence-electron chi connectivity index (χ1n) is 11.2. The lowest BCUT2D eigenvalue weighted by molar-refractivity contribution is -0.111.